The second-order valence-electron chi connectivity index (χ2n) is 8.76. The number of rotatable bonds is 1. The topological polar surface area (TPSA) is 128 Å². The summed E-state index contributed by atoms with van der Waals surface area (Å²) in [6, 6.07) is 10.5. The number of amides is 2. The second-order valence-corrected chi connectivity index (χ2v) is 8.76. The Kier molecular flexibility index (Phi) is 9.95. The summed E-state index contributed by atoms with van der Waals surface area (Å²) in [6.07, 6.45) is -6.37. The molecule has 0 bridgehead atoms. The van der Waals surface area contributed by atoms with Crippen LogP contribution in [0.4, 0.5) is 31.1 Å². The smallest absolute Gasteiger partial charge is 0.475 e. The molecule has 1 aromatic heterocycles. The zero-order chi connectivity index (χ0) is 29.6. The van der Waals surface area contributed by atoms with E-state index in [0.717, 1.165) is 44.8 Å². The highest BCUT2D eigenvalue weighted by Gasteiger charge is 2.43. The quantitative estimate of drug-likeness (QED) is 0.451. The van der Waals surface area contributed by atoms with Crippen LogP contribution in [0.5, 0.6) is 0 Å². The van der Waals surface area contributed by atoms with E-state index in [2.05, 4.69) is 34.1 Å². The monoisotopic (exact) mass is 567 g/mol. The standard InChI is InChI=1S/C19H25N5O.2C2HF3O2/c1-22(2)18(25)23-11-8-19(9-12-23)17-20-14-16(24(17)13-10-21-19)15-6-4-3-5-7-15;2*3-2(4,5)1(6)7/h3-7,14,21H,8-13H2,1-2H3;2*(H,6,7). The molecular formula is C23H27F6N5O5. The van der Waals surface area contributed by atoms with Gasteiger partial charge in [0.15, 0.2) is 0 Å². The minimum Gasteiger partial charge on any atom is -0.475 e. The summed E-state index contributed by atoms with van der Waals surface area (Å²) in [5.74, 6) is -4.39. The van der Waals surface area contributed by atoms with Gasteiger partial charge >= 0.3 is 30.3 Å². The van der Waals surface area contributed by atoms with Gasteiger partial charge in [-0.3, -0.25) is 0 Å². The Bertz CT molecular complexity index is 1120. The molecule has 0 aliphatic carbocycles. The highest BCUT2D eigenvalue weighted by molar-refractivity contribution is 5.74. The van der Waals surface area contributed by atoms with Crippen molar-refractivity contribution < 1.29 is 50.9 Å². The van der Waals surface area contributed by atoms with E-state index in [1.54, 1.807) is 4.90 Å². The van der Waals surface area contributed by atoms with Crippen LogP contribution in [0, 0.1) is 0 Å². The number of aromatic nitrogens is 2. The van der Waals surface area contributed by atoms with Crippen molar-refractivity contribution in [1.82, 2.24) is 24.7 Å². The fraction of sp³-hybridized carbons (Fsp3) is 0.478. The Morgan fingerprint density at radius 1 is 0.923 bits per heavy atom. The van der Waals surface area contributed by atoms with Crippen LogP contribution in [0.2, 0.25) is 0 Å². The summed E-state index contributed by atoms with van der Waals surface area (Å²) in [7, 11) is 3.62. The number of carboxylic acids is 2. The summed E-state index contributed by atoms with van der Waals surface area (Å²) in [6.45, 7) is 3.39. The van der Waals surface area contributed by atoms with Crippen LogP contribution in [0.15, 0.2) is 36.5 Å². The van der Waals surface area contributed by atoms with Gasteiger partial charge < -0.3 is 29.9 Å². The lowest BCUT2D eigenvalue weighted by atomic mass is 9.85. The molecule has 16 heteroatoms. The first-order valence-corrected chi connectivity index (χ1v) is 11.4. The molecule has 0 radical (unpaired) electrons. The number of nitrogens with zero attached hydrogens (tertiary/aromatic N) is 4. The molecular weight excluding hydrogens is 540 g/mol. The fourth-order valence-electron chi connectivity index (χ4n) is 4.07. The molecule has 1 saturated heterocycles. The van der Waals surface area contributed by atoms with Crippen LogP contribution >= 0.6 is 0 Å². The third kappa shape index (κ3) is 8.08. The van der Waals surface area contributed by atoms with Crippen molar-refractivity contribution >= 4 is 18.0 Å². The maximum Gasteiger partial charge on any atom is 0.490 e. The number of nitrogens with one attached hydrogen (secondary N) is 1. The number of hydrogen-bond acceptors (Lipinski definition) is 5. The minimum absolute atomic E-state index is 0.0963. The number of benzene rings is 1. The summed E-state index contributed by atoms with van der Waals surface area (Å²) >= 11 is 0. The van der Waals surface area contributed by atoms with Gasteiger partial charge in [-0.25, -0.2) is 19.4 Å². The predicted molar refractivity (Wildman–Crippen MR) is 125 cm³/mol. The number of piperidine rings is 1. The molecule has 2 aliphatic heterocycles. The summed E-state index contributed by atoms with van der Waals surface area (Å²) in [5.41, 5.74) is 2.27. The molecule has 2 aliphatic rings. The average molecular weight is 567 g/mol. The highest BCUT2D eigenvalue weighted by atomic mass is 19.4. The maximum atomic E-state index is 12.2. The third-order valence-electron chi connectivity index (χ3n) is 5.91. The van der Waals surface area contributed by atoms with Crippen molar-refractivity contribution in [3.8, 4) is 11.3 Å². The molecule has 3 heterocycles. The van der Waals surface area contributed by atoms with Crippen LogP contribution in [-0.2, 0) is 21.7 Å². The van der Waals surface area contributed by atoms with Gasteiger partial charge in [-0.05, 0) is 18.4 Å². The van der Waals surface area contributed by atoms with Crippen LogP contribution < -0.4 is 5.32 Å². The molecule has 1 aromatic carbocycles. The van der Waals surface area contributed by atoms with Gasteiger partial charge in [-0.1, -0.05) is 30.3 Å². The molecule has 0 atom stereocenters. The normalized spacial score (nSPS) is 16.2. The second kappa shape index (κ2) is 12.4. The number of aliphatic carboxylic acids is 2. The number of imidazole rings is 1. The van der Waals surface area contributed by atoms with E-state index >= 15 is 0 Å². The summed E-state index contributed by atoms with van der Waals surface area (Å²) in [5, 5.41) is 18.0. The van der Waals surface area contributed by atoms with E-state index in [4.69, 9.17) is 24.8 Å². The zero-order valence-corrected chi connectivity index (χ0v) is 20.9. The average Bonchev–Trinajstić information content (AvgIpc) is 3.30. The fourth-order valence-corrected chi connectivity index (χ4v) is 4.07. The molecule has 39 heavy (non-hydrogen) atoms. The molecule has 0 unspecified atom stereocenters. The molecule has 0 saturated carbocycles. The SMILES string of the molecule is CN(C)C(=O)N1CCC2(CC1)NCCn1c(-c3ccccc3)cnc12.O=C(O)C(F)(F)F.O=C(O)C(F)(F)F. The van der Waals surface area contributed by atoms with Crippen molar-refractivity contribution in [1.29, 1.82) is 0 Å². The van der Waals surface area contributed by atoms with Gasteiger partial charge in [-0.2, -0.15) is 26.3 Å². The predicted octanol–water partition coefficient (Wildman–Crippen LogP) is 3.39. The first kappa shape index (κ1) is 31.4. The van der Waals surface area contributed by atoms with Crippen molar-refractivity contribution in [3.05, 3.63) is 42.4 Å². The van der Waals surface area contributed by atoms with E-state index < -0.39 is 24.3 Å². The zero-order valence-electron chi connectivity index (χ0n) is 20.9. The van der Waals surface area contributed by atoms with Crippen LogP contribution in [0.3, 0.4) is 0 Å². The molecule has 2 amide bonds. The number of urea groups is 1. The molecule has 216 valence electrons. The number of carbonyl (C=O) groups excluding carboxylic acids is 1. The van der Waals surface area contributed by atoms with Gasteiger partial charge in [0, 0.05) is 40.3 Å². The Labute approximate surface area is 218 Å². The molecule has 1 spiro atoms. The molecule has 2 aromatic rings. The largest absolute Gasteiger partial charge is 0.490 e. The molecule has 4 rings (SSSR count). The van der Waals surface area contributed by atoms with Gasteiger partial charge in [-0.15, -0.1) is 0 Å². The number of hydrogen-bond donors (Lipinski definition) is 3. The molecule has 10 nitrogen and oxygen atoms in total. The molecule has 1 fully saturated rings. The molecule has 3 N–H and O–H groups in total. The number of carboxylic acid groups (broad SMARTS) is 2. The Hall–Kier alpha value is -3.82. The lowest BCUT2D eigenvalue weighted by Crippen LogP contribution is -2.57. The number of alkyl halides is 6. The van der Waals surface area contributed by atoms with Crippen LogP contribution in [-0.4, -0.2) is 93.6 Å². The number of likely N-dealkylation sites (tertiary alicyclic amines) is 1. The van der Waals surface area contributed by atoms with E-state index in [1.165, 1.54) is 11.3 Å². The highest BCUT2D eigenvalue weighted by Crippen LogP contribution is 2.36. The Morgan fingerprint density at radius 3 is 1.85 bits per heavy atom. The van der Waals surface area contributed by atoms with E-state index in [9.17, 15) is 31.1 Å². The lowest BCUT2D eigenvalue weighted by Gasteiger charge is -2.45. The van der Waals surface area contributed by atoms with Gasteiger partial charge in [0.2, 0.25) is 0 Å². The van der Waals surface area contributed by atoms with Crippen molar-refractivity contribution in [2.75, 3.05) is 33.7 Å². The Morgan fingerprint density at radius 2 is 1.41 bits per heavy atom. The van der Waals surface area contributed by atoms with E-state index in [0.29, 0.717) is 0 Å². The maximum absolute atomic E-state index is 12.2. The first-order valence-electron chi connectivity index (χ1n) is 11.4. The first-order chi connectivity index (χ1) is 18.0. The summed E-state index contributed by atoms with van der Waals surface area (Å²) < 4.78 is 65.8. The Balaban J connectivity index is 0.000000317. The lowest BCUT2D eigenvalue weighted by molar-refractivity contribution is -0.193. The van der Waals surface area contributed by atoms with Crippen LogP contribution in [0.25, 0.3) is 11.3 Å². The van der Waals surface area contributed by atoms with Gasteiger partial charge in [0.1, 0.15) is 5.82 Å². The number of carbonyl (C=O) groups is 3. The van der Waals surface area contributed by atoms with Gasteiger partial charge in [0.25, 0.3) is 0 Å². The van der Waals surface area contributed by atoms with Crippen molar-refractivity contribution in [2.24, 2.45) is 0 Å². The van der Waals surface area contributed by atoms with Crippen molar-refractivity contribution in [3.63, 3.8) is 0 Å². The summed E-state index contributed by atoms with van der Waals surface area (Å²) in [4.78, 5) is 38.4. The third-order valence-corrected chi connectivity index (χ3v) is 5.91. The van der Waals surface area contributed by atoms with E-state index in [-0.39, 0.29) is 11.6 Å². The number of fused-ring (bicyclic) bond motifs is 2. The van der Waals surface area contributed by atoms with Gasteiger partial charge in [0.05, 0.1) is 17.4 Å². The minimum atomic E-state index is -5.08. The van der Waals surface area contributed by atoms with E-state index in [1.807, 2.05) is 31.3 Å². The van der Waals surface area contributed by atoms with Crippen molar-refractivity contribution in [2.45, 2.75) is 37.3 Å². The number of halogens is 6. The van der Waals surface area contributed by atoms with Crippen LogP contribution in [0.1, 0.15) is 18.7 Å².